The van der Waals surface area contributed by atoms with Crippen molar-refractivity contribution in [3.63, 3.8) is 0 Å². The summed E-state index contributed by atoms with van der Waals surface area (Å²) in [5, 5.41) is 4.41. The van der Waals surface area contributed by atoms with Crippen molar-refractivity contribution in [3.8, 4) is 5.69 Å². The Morgan fingerprint density at radius 2 is 2.21 bits per heavy atom. The molecule has 0 spiro atoms. The van der Waals surface area contributed by atoms with Crippen molar-refractivity contribution in [3.05, 3.63) is 41.2 Å². The Kier molecular flexibility index (Phi) is 2.21. The molecule has 0 radical (unpaired) electrons. The van der Waals surface area contributed by atoms with Gasteiger partial charge in [-0.05, 0) is 6.92 Å². The van der Waals surface area contributed by atoms with E-state index in [0.29, 0.717) is 10.8 Å². The molecule has 0 aliphatic carbocycles. The lowest BCUT2D eigenvalue weighted by Gasteiger charge is -1.98. The first-order chi connectivity index (χ1) is 6.66. The van der Waals surface area contributed by atoms with Gasteiger partial charge in [-0.2, -0.15) is 5.10 Å². The lowest BCUT2D eigenvalue weighted by molar-refractivity contribution is 0.618. The molecule has 0 aliphatic rings. The smallest absolute Gasteiger partial charge is 0.154 e. The van der Waals surface area contributed by atoms with Crippen LogP contribution in [0.1, 0.15) is 5.56 Å². The van der Waals surface area contributed by atoms with Crippen molar-refractivity contribution in [2.24, 2.45) is 0 Å². The standard InChI is InChI=1S/C9H7ClFN3/c1-6-5-14(13-9(6)10)8-2-7(11)3-12-4-8/h2-5H,1H3. The monoisotopic (exact) mass is 211 g/mol. The highest BCUT2D eigenvalue weighted by Gasteiger charge is 2.04. The van der Waals surface area contributed by atoms with Crippen molar-refractivity contribution < 1.29 is 4.39 Å². The van der Waals surface area contributed by atoms with Crippen molar-refractivity contribution in [2.75, 3.05) is 0 Å². The van der Waals surface area contributed by atoms with E-state index in [9.17, 15) is 4.39 Å². The molecule has 0 fully saturated rings. The molecule has 5 heteroatoms. The Balaban J connectivity index is 2.49. The Labute approximate surface area is 85.1 Å². The maximum absolute atomic E-state index is 12.8. The average molecular weight is 212 g/mol. The summed E-state index contributed by atoms with van der Waals surface area (Å²) < 4.78 is 14.3. The van der Waals surface area contributed by atoms with Crippen LogP contribution in [0.15, 0.2) is 24.7 Å². The first-order valence-corrected chi connectivity index (χ1v) is 4.37. The fourth-order valence-corrected chi connectivity index (χ4v) is 1.23. The van der Waals surface area contributed by atoms with Crippen molar-refractivity contribution in [1.82, 2.24) is 14.8 Å². The maximum atomic E-state index is 12.8. The molecule has 0 amide bonds. The normalized spacial score (nSPS) is 10.5. The fourth-order valence-electron chi connectivity index (χ4n) is 1.10. The summed E-state index contributed by atoms with van der Waals surface area (Å²) in [6.45, 7) is 1.83. The van der Waals surface area contributed by atoms with Crippen LogP contribution in [0.2, 0.25) is 5.15 Å². The molecular formula is C9H7ClFN3. The first-order valence-electron chi connectivity index (χ1n) is 3.99. The van der Waals surface area contributed by atoms with Crippen LogP contribution in [0.25, 0.3) is 5.69 Å². The van der Waals surface area contributed by atoms with Crippen LogP contribution in [0.5, 0.6) is 0 Å². The zero-order valence-electron chi connectivity index (χ0n) is 7.41. The Bertz CT molecular complexity index is 447. The van der Waals surface area contributed by atoms with E-state index in [1.54, 1.807) is 6.20 Å². The number of aryl methyl sites for hydroxylation is 1. The van der Waals surface area contributed by atoms with Crippen LogP contribution in [-0.2, 0) is 0 Å². The lowest BCUT2D eigenvalue weighted by Crippen LogP contribution is -1.95. The number of pyridine rings is 1. The van der Waals surface area contributed by atoms with Crippen molar-refractivity contribution >= 4 is 11.6 Å². The zero-order chi connectivity index (χ0) is 10.1. The van der Waals surface area contributed by atoms with Gasteiger partial charge < -0.3 is 0 Å². The largest absolute Gasteiger partial charge is 0.259 e. The van der Waals surface area contributed by atoms with Crippen LogP contribution < -0.4 is 0 Å². The number of rotatable bonds is 1. The SMILES string of the molecule is Cc1cn(-c2cncc(F)c2)nc1Cl. The van der Waals surface area contributed by atoms with E-state index in [2.05, 4.69) is 10.1 Å². The third-order valence-corrected chi connectivity index (χ3v) is 2.17. The number of hydrogen-bond acceptors (Lipinski definition) is 2. The van der Waals surface area contributed by atoms with Gasteiger partial charge in [0, 0.05) is 17.8 Å². The molecule has 2 aromatic heterocycles. The van der Waals surface area contributed by atoms with Gasteiger partial charge in [0.05, 0.1) is 18.1 Å². The van der Waals surface area contributed by atoms with E-state index in [1.165, 1.54) is 16.9 Å². The topological polar surface area (TPSA) is 30.7 Å². The molecule has 72 valence electrons. The molecule has 0 aromatic carbocycles. The second-order valence-electron chi connectivity index (χ2n) is 2.91. The highest BCUT2D eigenvalue weighted by Crippen LogP contribution is 2.15. The molecule has 2 heterocycles. The second kappa shape index (κ2) is 3.38. The third-order valence-electron chi connectivity index (χ3n) is 1.79. The summed E-state index contributed by atoms with van der Waals surface area (Å²) in [5.41, 5.74) is 1.40. The van der Waals surface area contributed by atoms with Crippen molar-refractivity contribution in [2.45, 2.75) is 6.92 Å². The predicted molar refractivity (Wildman–Crippen MR) is 51.1 cm³/mol. The maximum Gasteiger partial charge on any atom is 0.154 e. The Morgan fingerprint density at radius 1 is 1.43 bits per heavy atom. The summed E-state index contributed by atoms with van der Waals surface area (Å²) in [7, 11) is 0. The van der Waals surface area contributed by atoms with Gasteiger partial charge in [-0.3, -0.25) is 4.98 Å². The number of halogens is 2. The van der Waals surface area contributed by atoms with Gasteiger partial charge in [0.25, 0.3) is 0 Å². The highest BCUT2D eigenvalue weighted by atomic mass is 35.5. The van der Waals surface area contributed by atoms with Gasteiger partial charge >= 0.3 is 0 Å². The highest BCUT2D eigenvalue weighted by molar-refractivity contribution is 6.30. The summed E-state index contributed by atoms with van der Waals surface area (Å²) in [6.07, 6.45) is 4.38. The summed E-state index contributed by atoms with van der Waals surface area (Å²) in [5.74, 6) is -0.397. The lowest BCUT2D eigenvalue weighted by atomic mass is 10.4. The molecule has 0 saturated carbocycles. The molecule has 0 atom stereocenters. The number of hydrogen-bond donors (Lipinski definition) is 0. The van der Waals surface area contributed by atoms with Gasteiger partial charge in [-0.15, -0.1) is 0 Å². The van der Waals surface area contributed by atoms with Crippen LogP contribution in [0.4, 0.5) is 4.39 Å². The quantitative estimate of drug-likeness (QED) is 0.725. The van der Waals surface area contributed by atoms with Gasteiger partial charge in [-0.1, -0.05) is 11.6 Å². The molecule has 2 aromatic rings. The Morgan fingerprint density at radius 3 is 2.79 bits per heavy atom. The molecule has 2 rings (SSSR count). The molecule has 0 saturated heterocycles. The summed E-state index contributed by atoms with van der Waals surface area (Å²) in [4.78, 5) is 3.72. The minimum Gasteiger partial charge on any atom is -0.259 e. The zero-order valence-corrected chi connectivity index (χ0v) is 8.16. The van der Waals surface area contributed by atoms with E-state index < -0.39 is 5.82 Å². The minimum atomic E-state index is -0.397. The molecule has 0 aliphatic heterocycles. The number of aromatic nitrogens is 3. The van der Waals surface area contributed by atoms with Crippen LogP contribution >= 0.6 is 11.6 Å². The molecule has 0 bridgehead atoms. The molecular weight excluding hydrogens is 205 g/mol. The molecule has 0 N–H and O–H groups in total. The van der Waals surface area contributed by atoms with Gasteiger partial charge in [0.2, 0.25) is 0 Å². The van der Waals surface area contributed by atoms with Crippen LogP contribution in [0.3, 0.4) is 0 Å². The van der Waals surface area contributed by atoms with E-state index in [1.807, 2.05) is 6.92 Å². The summed E-state index contributed by atoms with van der Waals surface area (Å²) >= 11 is 5.77. The van der Waals surface area contributed by atoms with E-state index >= 15 is 0 Å². The van der Waals surface area contributed by atoms with E-state index in [-0.39, 0.29) is 0 Å². The average Bonchev–Trinajstić information content (AvgIpc) is 2.47. The second-order valence-corrected chi connectivity index (χ2v) is 3.27. The van der Waals surface area contributed by atoms with Gasteiger partial charge in [0.1, 0.15) is 5.82 Å². The number of nitrogens with zero attached hydrogens (tertiary/aromatic N) is 3. The first kappa shape index (κ1) is 9.15. The molecule has 3 nitrogen and oxygen atoms in total. The summed E-state index contributed by atoms with van der Waals surface area (Å²) in [6, 6.07) is 1.34. The Hall–Kier alpha value is -1.42. The minimum absolute atomic E-state index is 0.397. The molecule has 14 heavy (non-hydrogen) atoms. The third kappa shape index (κ3) is 1.61. The van der Waals surface area contributed by atoms with Gasteiger partial charge in [0.15, 0.2) is 5.15 Å². The predicted octanol–water partition coefficient (Wildman–Crippen LogP) is 2.37. The van der Waals surface area contributed by atoms with Gasteiger partial charge in [-0.25, -0.2) is 9.07 Å². The fraction of sp³-hybridized carbons (Fsp3) is 0.111. The van der Waals surface area contributed by atoms with Crippen LogP contribution in [-0.4, -0.2) is 14.8 Å². The van der Waals surface area contributed by atoms with Crippen LogP contribution in [0, 0.1) is 12.7 Å². The molecule has 0 unspecified atom stereocenters. The van der Waals surface area contributed by atoms with Crippen molar-refractivity contribution in [1.29, 1.82) is 0 Å². The van der Waals surface area contributed by atoms with E-state index in [4.69, 9.17) is 11.6 Å². The van der Waals surface area contributed by atoms with E-state index in [0.717, 1.165) is 11.8 Å².